The molecule has 0 aliphatic heterocycles. The van der Waals surface area contributed by atoms with Crippen molar-refractivity contribution in [2.24, 2.45) is 0 Å². The summed E-state index contributed by atoms with van der Waals surface area (Å²) in [6.07, 6.45) is 3.41. The van der Waals surface area contributed by atoms with Crippen molar-refractivity contribution in [2.45, 2.75) is 0 Å². The molecule has 2 heterocycles. The van der Waals surface area contributed by atoms with Crippen molar-refractivity contribution in [1.29, 1.82) is 0 Å². The Balaban J connectivity index is 2.14. The lowest BCUT2D eigenvalue weighted by molar-refractivity contribution is 0.412. The highest BCUT2D eigenvalue weighted by Gasteiger charge is 2.18. The van der Waals surface area contributed by atoms with Gasteiger partial charge in [0.25, 0.3) is 0 Å². The Hall–Kier alpha value is -2.34. The Bertz CT molecular complexity index is 772. The molecule has 3 rings (SSSR count). The Morgan fingerprint density at radius 3 is 2.57 bits per heavy atom. The highest BCUT2D eigenvalue weighted by atomic mass is 79.9. The maximum absolute atomic E-state index is 5.94. The number of hydrogen-bond donors (Lipinski definition) is 1. The van der Waals surface area contributed by atoms with E-state index in [1.54, 1.807) is 19.5 Å². The summed E-state index contributed by atoms with van der Waals surface area (Å²) in [5, 5.41) is 3.88. The van der Waals surface area contributed by atoms with E-state index in [1.807, 2.05) is 30.3 Å². The smallest absolute Gasteiger partial charge is 0.176 e. The van der Waals surface area contributed by atoms with E-state index in [9.17, 15) is 0 Å². The summed E-state index contributed by atoms with van der Waals surface area (Å²) in [5.74, 6) is 1.71. The molecule has 3 aromatic rings. The van der Waals surface area contributed by atoms with Crippen molar-refractivity contribution >= 4 is 21.7 Å². The first-order valence-corrected chi connectivity index (χ1v) is 6.99. The highest BCUT2D eigenvalue weighted by molar-refractivity contribution is 9.10. The van der Waals surface area contributed by atoms with E-state index in [1.165, 1.54) is 0 Å². The number of anilines is 1. The number of pyridine rings is 1. The van der Waals surface area contributed by atoms with Gasteiger partial charge in [0, 0.05) is 18.0 Å². The summed E-state index contributed by atoms with van der Waals surface area (Å²) in [6.45, 7) is 0. The number of hydrogen-bond acceptors (Lipinski definition) is 5. The molecule has 0 saturated carbocycles. The average Bonchev–Trinajstić information content (AvgIpc) is 2.90. The first-order valence-electron chi connectivity index (χ1n) is 6.20. The number of benzene rings is 1. The molecule has 2 N–H and O–H groups in total. The molecule has 0 aliphatic rings. The van der Waals surface area contributed by atoms with Gasteiger partial charge in [0.1, 0.15) is 5.75 Å². The predicted octanol–water partition coefficient (Wildman–Crippen LogP) is 3.76. The summed E-state index contributed by atoms with van der Waals surface area (Å²) in [7, 11) is 1.62. The number of nitrogens with two attached hydrogens (primary N) is 1. The third-order valence-corrected chi connectivity index (χ3v) is 3.72. The van der Waals surface area contributed by atoms with Gasteiger partial charge in [-0.2, -0.15) is 0 Å². The Kier molecular flexibility index (Phi) is 3.62. The number of nitrogens with zero attached hydrogens (tertiary/aromatic N) is 2. The minimum absolute atomic E-state index is 0.350. The van der Waals surface area contributed by atoms with Crippen LogP contribution in [0, 0.1) is 0 Å². The minimum atomic E-state index is 0.350. The molecule has 0 amide bonds. The molecule has 106 valence electrons. The lowest BCUT2D eigenvalue weighted by Gasteiger charge is -2.06. The van der Waals surface area contributed by atoms with Crippen molar-refractivity contribution in [3.8, 4) is 28.2 Å². The quantitative estimate of drug-likeness (QED) is 0.782. The van der Waals surface area contributed by atoms with E-state index in [-0.39, 0.29) is 0 Å². The normalized spacial score (nSPS) is 10.6. The molecule has 0 unspecified atom stereocenters. The summed E-state index contributed by atoms with van der Waals surface area (Å²) in [5.41, 5.74) is 8.47. The number of rotatable bonds is 3. The van der Waals surface area contributed by atoms with Gasteiger partial charge in [-0.15, -0.1) is 0 Å². The molecule has 0 aliphatic carbocycles. The molecular weight excluding hydrogens is 334 g/mol. The fourth-order valence-corrected chi connectivity index (χ4v) is 2.65. The van der Waals surface area contributed by atoms with Crippen molar-refractivity contribution in [3.05, 3.63) is 47.2 Å². The van der Waals surface area contributed by atoms with Crippen LogP contribution in [0.4, 0.5) is 5.82 Å². The highest BCUT2D eigenvalue weighted by Crippen LogP contribution is 2.38. The van der Waals surface area contributed by atoms with Crippen LogP contribution >= 0.6 is 15.9 Å². The topological polar surface area (TPSA) is 74.2 Å². The average molecular weight is 346 g/mol. The van der Waals surface area contributed by atoms with Crippen LogP contribution in [0.5, 0.6) is 5.75 Å². The number of halogens is 1. The van der Waals surface area contributed by atoms with Crippen molar-refractivity contribution in [2.75, 3.05) is 12.8 Å². The van der Waals surface area contributed by atoms with Crippen LogP contribution in [0.3, 0.4) is 0 Å². The number of methoxy groups -OCH3 is 1. The molecule has 0 radical (unpaired) electrons. The number of nitrogen functional groups attached to an aromatic ring is 1. The van der Waals surface area contributed by atoms with Gasteiger partial charge in [-0.25, -0.2) is 0 Å². The van der Waals surface area contributed by atoms with Crippen LogP contribution in [-0.2, 0) is 0 Å². The van der Waals surface area contributed by atoms with Gasteiger partial charge in [-0.05, 0) is 51.8 Å². The van der Waals surface area contributed by atoms with Crippen LogP contribution in [0.15, 0.2) is 51.7 Å². The fourth-order valence-electron chi connectivity index (χ4n) is 2.10. The monoisotopic (exact) mass is 345 g/mol. The molecular formula is C15H12BrN3O2. The fraction of sp³-hybridized carbons (Fsp3) is 0.0667. The molecule has 6 heteroatoms. The van der Waals surface area contributed by atoms with E-state index in [0.717, 1.165) is 26.9 Å². The van der Waals surface area contributed by atoms with Gasteiger partial charge in [0.2, 0.25) is 0 Å². The van der Waals surface area contributed by atoms with Crippen molar-refractivity contribution in [3.63, 3.8) is 0 Å². The largest absolute Gasteiger partial charge is 0.496 e. The third-order valence-electron chi connectivity index (χ3n) is 3.10. The van der Waals surface area contributed by atoms with Gasteiger partial charge in [-0.3, -0.25) is 4.98 Å². The van der Waals surface area contributed by atoms with Crippen molar-refractivity contribution in [1.82, 2.24) is 10.1 Å². The van der Waals surface area contributed by atoms with Gasteiger partial charge in [-0.1, -0.05) is 5.16 Å². The second kappa shape index (κ2) is 5.57. The standard InChI is InChI=1S/C15H12BrN3O2/c1-20-12-3-2-10(8-11(12)16)14-13(15(17)19-21-14)9-4-6-18-7-5-9/h2-8H,1H3,(H2,17,19). The number of ether oxygens (including phenoxy) is 1. The maximum Gasteiger partial charge on any atom is 0.176 e. The zero-order chi connectivity index (χ0) is 14.8. The van der Waals surface area contributed by atoms with Crippen LogP contribution in [0.25, 0.3) is 22.5 Å². The number of aromatic nitrogens is 2. The summed E-state index contributed by atoms with van der Waals surface area (Å²) in [6, 6.07) is 9.39. The molecule has 0 bridgehead atoms. The Morgan fingerprint density at radius 1 is 1.14 bits per heavy atom. The minimum Gasteiger partial charge on any atom is -0.496 e. The van der Waals surface area contributed by atoms with E-state index in [2.05, 4.69) is 26.1 Å². The molecule has 21 heavy (non-hydrogen) atoms. The predicted molar refractivity (Wildman–Crippen MR) is 83.8 cm³/mol. The first kappa shape index (κ1) is 13.6. The Labute approximate surface area is 129 Å². The van der Waals surface area contributed by atoms with E-state index < -0.39 is 0 Å². The maximum atomic E-state index is 5.94. The Morgan fingerprint density at radius 2 is 1.90 bits per heavy atom. The summed E-state index contributed by atoms with van der Waals surface area (Å²) in [4.78, 5) is 4.01. The summed E-state index contributed by atoms with van der Waals surface area (Å²) < 4.78 is 11.5. The molecule has 0 atom stereocenters. The molecule has 0 fully saturated rings. The van der Waals surface area contributed by atoms with E-state index >= 15 is 0 Å². The SMILES string of the molecule is COc1ccc(-c2onc(N)c2-c2ccncc2)cc1Br. The lowest BCUT2D eigenvalue weighted by atomic mass is 10.0. The van der Waals surface area contributed by atoms with E-state index in [0.29, 0.717) is 11.6 Å². The van der Waals surface area contributed by atoms with Crippen LogP contribution in [-0.4, -0.2) is 17.3 Å². The van der Waals surface area contributed by atoms with Crippen LogP contribution in [0.2, 0.25) is 0 Å². The van der Waals surface area contributed by atoms with E-state index in [4.69, 9.17) is 15.0 Å². The van der Waals surface area contributed by atoms with Crippen LogP contribution < -0.4 is 10.5 Å². The molecule has 0 spiro atoms. The third kappa shape index (κ3) is 2.50. The lowest BCUT2D eigenvalue weighted by Crippen LogP contribution is -1.89. The molecule has 5 nitrogen and oxygen atoms in total. The zero-order valence-electron chi connectivity index (χ0n) is 11.2. The second-order valence-corrected chi connectivity index (χ2v) is 5.21. The van der Waals surface area contributed by atoms with Gasteiger partial charge < -0.3 is 15.0 Å². The van der Waals surface area contributed by atoms with Gasteiger partial charge in [0.05, 0.1) is 17.1 Å². The molecule has 2 aromatic heterocycles. The summed E-state index contributed by atoms with van der Waals surface area (Å²) >= 11 is 3.46. The van der Waals surface area contributed by atoms with Gasteiger partial charge >= 0.3 is 0 Å². The zero-order valence-corrected chi connectivity index (χ0v) is 12.8. The first-order chi connectivity index (χ1) is 10.2. The molecule has 1 aromatic carbocycles. The van der Waals surface area contributed by atoms with Crippen molar-refractivity contribution < 1.29 is 9.26 Å². The molecule has 0 saturated heterocycles. The van der Waals surface area contributed by atoms with Crippen LogP contribution in [0.1, 0.15) is 0 Å². The van der Waals surface area contributed by atoms with Gasteiger partial charge in [0.15, 0.2) is 11.6 Å². The second-order valence-electron chi connectivity index (χ2n) is 4.36.